The zero-order chi connectivity index (χ0) is 26.8. The molecular weight excluding hydrogens is 490 g/mol. The fourth-order valence-electron chi connectivity index (χ4n) is 5.53. The van der Waals surface area contributed by atoms with Gasteiger partial charge in [-0.3, -0.25) is 9.78 Å². The van der Waals surface area contributed by atoms with Gasteiger partial charge in [-0.05, 0) is 87.4 Å². The Labute approximate surface area is 229 Å². The maximum atomic E-state index is 12.9. The van der Waals surface area contributed by atoms with Crippen molar-refractivity contribution < 1.29 is 4.79 Å². The molecule has 0 aliphatic carbocycles. The van der Waals surface area contributed by atoms with Crippen LogP contribution in [0.3, 0.4) is 0 Å². The summed E-state index contributed by atoms with van der Waals surface area (Å²) in [6.07, 6.45) is 2.13. The molecule has 1 aliphatic heterocycles. The summed E-state index contributed by atoms with van der Waals surface area (Å²) in [5, 5.41) is 7.19. The van der Waals surface area contributed by atoms with Crippen LogP contribution in [0.5, 0.6) is 0 Å². The summed E-state index contributed by atoms with van der Waals surface area (Å²) >= 11 is 5.86. The normalized spacial score (nSPS) is 16.9. The van der Waals surface area contributed by atoms with Crippen LogP contribution in [0.1, 0.15) is 52.3 Å². The van der Waals surface area contributed by atoms with Gasteiger partial charge in [-0.25, -0.2) is 0 Å². The number of thiocarbonyl (C=S) groups is 1. The predicted molar refractivity (Wildman–Crippen MR) is 157 cm³/mol. The topological polar surface area (TPSA) is 62.2 Å². The largest absolute Gasteiger partial charge is 0.352 e. The predicted octanol–water partition coefficient (Wildman–Crippen LogP) is 6.11. The first-order valence-electron chi connectivity index (χ1n) is 12.9. The van der Waals surface area contributed by atoms with E-state index < -0.39 is 0 Å². The average Bonchev–Trinajstić information content (AvgIpc) is 3.35. The number of anilines is 1. The molecule has 194 valence electrons. The molecule has 2 atom stereocenters. The smallest absolute Gasteiger partial charge is 0.226 e. The molecule has 2 unspecified atom stereocenters. The van der Waals surface area contributed by atoms with E-state index in [0.717, 1.165) is 28.3 Å². The van der Waals surface area contributed by atoms with Crippen molar-refractivity contribution in [2.45, 2.75) is 46.2 Å². The number of nitrogens with zero attached hydrogens (tertiary/aromatic N) is 3. The molecule has 2 aromatic heterocycles. The number of carbonyl (C=O) groups is 1. The molecule has 1 aliphatic rings. The number of nitrogens with one attached hydrogen (secondary N) is 2. The highest BCUT2D eigenvalue weighted by Crippen LogP contribution is 2.43. The van der Waals surface area contributed by atoms with Crippen LogP contribution in [0.2, 0.25) is 0 Å². The second-order valence-electron chi connectivity index (χ2n) is 9.87. The summed E-state index contributed by atoms with van der Waals surface area (Å²) in [6, 6.07) is 24.0. The van der Waals surface area contributed by atoms with Crippen LogP contribution in [0.25, 0.3) is 5.69 Å². The number of benzene rings is 2. The first-order valence-corrected chi connectivity index (χ1v) is 13.3. The summed E-state index contributed by atoms with van der Waals surface area (Å²) in [5.74, 6) is -0.0371. The van der Waals surface area contributed by atoms with Gasteiger partial charge in [0.15, 0.2) is 5.11 Å². The molecule has 6 nitrogen and oxygen atoms in total. The number of carbonyl (C=O) groups excluding carboxylic acids is 1. The molecule has 0 bridgehead atoms. The molecule has 3 heterocycles. The maximum absolute atomic E-state index is 12.9. The van der Waals surface area contributed by atoms with Gasteiger partial charge in [0, 0.05) is 47.5 Å². The van der Waals surface area contributed by atoms with Crippen molar-refractivity contribution in [1.29, 1.82) is 0 Å². The lowest BCUT2D eigenvalue weighted by Crippen LogP contribution is -2.33. The van der Waals surface area contributed by atoms with E-state index in [1.807, 2.05) is 61.7 Å². The summed E-state index contributed by atoms with van der Waals surface area (Å²) in [6.45, 7) is 9.01. The molecule has 1 saturated heterocycles. The van der Waals surface area contributed by atoms with Crippen LogP contribution in [0.15, 0.2) is 79.0 Å². The Balaban J connectivity index is 1.50. The Kier molecular flexibility index (Phi) is 7.29. The van der Waals surface area contributed by atoms with Gasteiger partial charge in [0.2, 0.25) is 5.91 Å². The Bertz CT molecular complexity index is 1460. The molecule has 1 fully saturated rings. The third-order valence-corrected chi connectivity index (χ3v) is 7.75. The van der Waals surface area contributed by atoms with Gasteiger partial charge < -0.3 is 20.1 Å². The first kappa shape index (κ1) is 25.7. The van der Waals surface area contributed by atoms with E-state index in [9.17, 15) is 4.79 Å². The van der Waals surface area contributed by atoms with Crippen LogP contribution in [0, 0.1) is 27.7 Å². The van der Waals surface area contributed by atoms with E-state index >= 15 is 0 Å². The van der Waals surface area contributed by atoms with Crippen LogP contribution >= 0.6 is 12.2 Å². The van der Waals surface area contributed by atoms with E-state index in [4.69, 9.17) is 12.2 Å². The minimum Gasteiger partial charge on any atom is -0.352 e. The summed E-state index contributed by atoms with van der Waals surface area (Å²) in [5.41, 5.74) is 8.76. The Morgan fingerprint density at radius 1 is 0.974 bits per heavy atom. The molecule has 5 rings (SSSR count). The van der Waals surface area contributed by atoms with Crippen molar-refractivity contribution in [3.8, 4) is 5.69 Å². The minimum atomic E-state index is -0.132. The van der Waals surface area contributed by atoms with Crippen LogP contribution in [-0.4, -0.2) is 32.0 Å². The maximum Gasteiger partial charge on any atom is 0.226 e. The van der Waals surface area contributed by atoms with Gasteiger partial charge in [-0.15, -0.1) is 0 Å². The Hall–Kier alpha value is -3.97. The zero-order valence-corrected chi connectivity index (χ0v) is 23.0. The van der Waals surface area contributed by atoms with Crippen molar-refractivity contribution in [2.24, 2.45) is 0 Å². The molecule has 0 spiro atoms. The standard InChI is InChI=1S/C31H33N5OS/c1-20-11-10-12-24(19-20)33-27(37)16-18-35-30(29(34-31(35)38)26-15-8-9-17-32-26)28-21(2)22(3)36(23(28)4)25-13-6-5-7-14-25/h5-15,17,19,29-30H,16,18H2,1-4H3,(H,33,37)(H,34,38). The monoisotopic (exact) mass is 523 g/mol. The van der Waals surface area contributed by atoms with E-state index in [0.29, 0.717) is 18.1 Å². The number of amides is 1. The molecule has 1 amide bonds. The van der Waals surface area contributed by atoms with Gasteiger partial charge in [0.1, 0.15) is 0 Å². The second-order valence-corrected chi connectivity index (χ2v) is 10.3. The number of aromatic nitrogens is 2. The average molecular weight is 524 g/mol. The summed E-state index contributed by atoms with van der Waals surface area (Å²) in [4.78, 5) is 19.8. The van der Waals surface area contributed by atoms with E-state index in [-0.39, 0.29) is 18.0 Å². The number of rotatable bonds is 7. The molecule has 4 aromatic rings. The third-order valence-electron chi connectivity index (χ3n) is 7.40. The highest BCUT2D eigenvalue weighted by molar-refractivity contribution is 7.80. The van der Waals surface area contributed by atoms with Crippen molar-refractivity contribution in [3.63, 3.8) is 0 Å². The van der Waals surface area contributed by atoms with E-state index in [1.165, 1.54) is 16.8 Å². The third kappa shape index (κ3) is 4.94. The van der Waals surface area contributed by atoms with Gasteiger partial charge in [0.05, 0.1) is 17.8 Å². The first-order chi connectivity index (χ1) is 18.3. The lowest BCUT2D eigenvalue weighted by Gasteiger charge is -2.29. The van der Waals surface area contributed by atoms with Crippen LogP contribution < -0.4 is 10.6 Å². The van der Waals surface area contributed by atoms with E-state index in [2.05, 4.69) is 70.1 Å². The van der Waals surface area contributed by atoms with Gasteiger partial charge in [-0.1, -0.05) is 36.4 Å². The fraction of sp³-hybridized carbons (Fsp3) is 0.258. The molecule has 7 heteroatoms. The quantitative estimate of drug-likeness (QED) is 0.286. The SMILES string of the molecule is Cc1cccc(NC(=O)CCN2C(=S)NC(c3ccccn3)C2c2c(C)c(C)n(-c3ccccc3)c2C)c1. The van der Waals surface area contributed by atoms with Crippen molar-refractivity contribution in [3.05, 3.63) is 113 Å². The number of para-hydroxylation sites is 1. The Morgan fingerprint density at radius 2 is 1.74 bits per heavy atom. The van der Waals surface area contributed by atoms with Crippen molar-refractivity contribution >= 4 is 28.9 Å². The van der Waals surface area contributed by atoms with E-state index in [1.54, 1.807) is 0 Å². The number of hydrogen-bond donors (Lipinski definition) is 2. The number of hydrogen-bond acceptors (Lipinski definition) is 3. The van der Waals surface area contributed by atoms with Gasteiger partial charge in [0.25, 0.3) is 0 Å². The lowest BCUT2D eigenvalue weighted by molar-refractivity contribution is -0.116. The van der Waals surface area contributed by atoms with Crippen molar-refractivity contribution in [1.82, 2.24) is 19.8 Å². The molecule has 2 N–H and O–H groups in total. The highest BCUT2D eigenvalue weighted by atomic mass is 32.1. The molecule has 2 aromatic carbocycles. The van der Waals surface area contributed by atoms with Gasteiger partial charge >= 0.3 is 0 Å². The molecule has 0 radical (unpaired) electrons. The molecule has 38 heavy (non-hydrogen) atoms. The van der Waals surface area contributed by atoms with Crippen molar-refractivity contribution in [2.75, 3.05) is 11.9 Å². The Morgan fingerprint density at radius 3 is 2.45 bits per heavy atom. The number of pyridine rings is 1. The second kappa shape index (κ2) is 10.8. The van der Waals surface area contributed by atoms with Crippen LogP contribution in [0.4, 0.5) is 5.69 Å². The summed E-state index contributed by atoms with van der Waals surface area (Å²) in [7, 11) is 0. The highest BCUT2D eigenvalue weighted by Gasteiger charge is 2.42. The van der Waals surface area contributed by atoms with Crippen LogP contribution in [-0.2, 0) is 4.79 Å². The zero-order valence-electron chi connectivity index (χ0n) is 22.2. The fourth-order valence-corrected chi connectivity index (χ4v) is 5.87. The number of aryl methyl sites for hydroxylation is 1. The minimum absolute atomic E-state index is 0.0371. The van der Waals surface area contributed by atoms with Gasteiger partial charge in [-0.2, -0.15) is 0 Å². The molecule has 0 saturated carbocycles. The summed E-state index contributed by atoms with van der Waals surface area (Å²) < 4.78 is 2.31. The lowest BCUT2D eigenvalue weighted by atomic mass is 9.93. The molecular formula is C31H33N5OS.